The molecule has 134 valence electrons. The second kappa shape index (κ2) is 7.58. The van der Waals surface area contributed by atoms with Crippen LogP contribution in [0.15, 0.2) is 48.5 Å². The van der Waals surface area contributed by atoms with Crippen LogP contribution in [0.2, 0.25) is 0 Å². The highest BCUT2D eigenvalue weighted by Gasteiger charge is 2.30. The number of rotatable bonds is 6. The molecule has 4 nitrogen and oxygen atoms in total. The molecule has 25 heavy (non-hydrogen) atoms. The van der Waals surface area contributed by atoms with Crippen molar-refractivity contribution in [2.75, 3.05) is 12.9 Å². The minimum absolute atomic E-state index is 0.307. The lowest BCUT2D eigenvalue weighted by Crippen LogP contribution is -2.27. The lowest BCUT2D eigenvalue weighted by Gasteiger charge is -2.33. The van der Waals surface area contributed by atoms with Crippen molar-refractivity contribution >= 4 is 10.0 Å². The van der Waals surface area contributed by atoms with E-state index in [1.807, 2.05) is 18.2 Å². The van der Waals surface area contributed by atoms with E-state index < -0.39 is 10.0 Å². The van der Waals surface area contributed by atoms with Crippen molar-refractivity contribution < 1.29 is 13.2 Å². The monoisotopic (exact) mass is 359 g/mol. The van der Waals surface area contributed by atoms with Gasteiger partial charge in [0.25, 0.3) is 0 Å². The van der Waals surface area contributed by atoms with Gasteiger partial charge in [-0.2, -0.15) is 0 Å². The Balaban J connectivity index is 1.89. The molecule has 0 saturated heterocycles. The molecule has 5 heteroatoms. The molecule has 2 atom stereocenters. The number of fused-ring (bicyclic) bond motifs is 1. The summed E-state index contributed by atoms with van der Waals surface area (Å²) < 4.78 is 31.2. The van der Waals surface area contributed by atoms with E-state index in [0.29, 0.717) is 18.4 Å². The Morgan fingerprint density at radius 2 is 1.88 bits per heavy atom. The first-order chi connectivity index (χ1) is 12.0. The summed E-state index contributed by atoms with van der Waals surface area (Å²) in [5.41, 5.74) is 3.47. The SMILES string of the molecule is CCC1COc2ccc(CNS(C)(=O)=O)cc2C1Cc1ccccc1. The van der Waals surface area contributed by atoms with E-state index in [2.05, 4.69) is 42.0 Å². The molecule has 0 aliphatic carbocycles. The van der Waals surface area contributed by atoms with Crippen molar-refractivity contribution in [1.29, 1.82) is 0 Å². The van der Waals surface area contributed by atoms with E-state index in [4.69, 9.17) is 4.74 Å². The molecule has 1 N–H and O–H groups in total. The van der Waals surface area contributed by atoms with Crippen LogP contribution in [0.5, 0.6) is 5.75 Å². The van der Waals surface area contributed by atoms with Crippen molar-refractivity contribution in [3.63, 3.8) is 0 Å². The first-order valence-corrected chi connectivity index (χ1v) is 10.6. The van der Waals surface area contributed by atoms with Gasteiger partial charge in [-0.25, -0.2) is 13.1 Å². The molecular formula is C20H25NO3S. The van der Waals surface area contributed by atoms with Crippen LogP contribution in [0.1, 0.15) is 36.0 Å². The second-order valence-corrected chi connectivity index (χ2v) is 8.57. The summed E-state index contributed by atoms with van der Waals surface area (Å²) in [5, 5.41) is 0. The first-order valence-electron chi connectivity index (χ1n) is 8.70. The van der Waals surface area contributed by atoms with Crippen molar-refractivity contribution in [2.45, 2.75) is 32.2 Å². The van der Waals surface area contributed by atoms with E-state index >= 15 is 0 Å². The Morgan fingerprint density at radius 3 is 2.56 bits per heavy atom. The van der Waals surface area contributed by atoms with Crippen molar-refractivity contribution in [1.82, 2.24) is 4.72 Å². The third kappa shape index (κ3) is 4.61. The highest BCUT2D eigenvalue weighted by atomic mass is 32.2. The maximum Gasteiger partial charge on any atom is 0.209 e. The van der Waals surface area contributed by atoms with Gasteiger partial charge in [0.1, 0.15) is 5.75 Å². The van der Waals surface area contributed by atoms with Crippen LogP contribution in [0.25, 0.3) is 0 Å². The molecule has 1 heterocycles. The minimum Gasteiger partial charge on any atom is -0.493 e. The van der Waals surface area contributed by atoms with E-state index in [1.165, 1.54) is 17.4 Å². The average Bonchev–Trinajstić information content (AvgIpc) is 2.60. The van der Waals surface area contributed by atoms with Crippen molar-refractivity contribution in [3.8, 4) is 5.75 Å². The number of ether oxygens (including phenoxy) is 1. The summed E-state index contributed by atoms with van der Waals surface area (Å²) in [6, 6.07) is 16.5. The zero-order chi connectivity index (χ0) is 17.9. The minimum atomic E-state index is -3.20. The fraction of sp³-hybridized carbons (Fsp3) is 0.400. The standard InChI is InChI=1S/C20H25NO3S/c1-3-17-14-24-20-10-9-16(13-21-25(2,22)23)12-19(20)18(17)11-15-7-5-4-6-8-15/h4-10,12,17-18,21H,3,11,13-14H2,1-2H3. The Labute approximate surface area is 150 Å². The molecule has 0 bridgehead atoms. The summed E-state index contributed by atoms with van der Waals surface area (Å²) in [6.07, 6.45) is 3.21. The highest BCUT2D eigenvalue weighted by molar-refractivity contribution is 7.88. The summed E-state index contributed by atoms with van der Waals surface area (Å²) >= 11 is 0. The van der Waals surface area contributed by atoms with Gasteiger partial charge in [0.05, 0.1) is 12.9 Å². The molecule has 0 amide bonds. The van der Waals surface area contributed by atoms with Gasteiger partial charge < -0.3 is 4.74 Å². The molecule has 2 unspecified atom stereocenters. The van der Waals surface area contributed by atoms with Gasteiger partial charge in [-0.3, -0.25) is 0 Å². The molecule has 3 rings (SSSR count). The van der Waals surface area contributed by atoms with Crippen LogP contribution in [0.3, 0.4) is 0 Å². The number of sulfonamides is 1. The Bertz CT molecular complexity index is 818. The van der Waals surface area contributed by atoms with Gasteiger partial charge in [0.2, 0.25) is 10.0 Å². The first kappa shape index (κ1) is 18.0. The molecule has 2 aromatic carbocycles. The predicted molar refractivity (Wildman–Crippen MR) is 100 cm³/mol. The summed E-state index contributed by atoms with van der Waals surface area (Å²) in [5.74, 6) is 1.77. The number of nitrogens with one attached hydrogen (secondary N) is 1. The summed E-state index contributed by atoms with van der Waals surface area (Å²) in [6.45, 7) is 3.25. The van der Waals surface area contributed by atoms with E-state index in [1.54, 1.807) is 0 Å². The molecule has 0 saturated carbocycles. The van der Waals surface area contributed by atoms with Crippen LogP contribution in [0.4, 0.5) is 0 Å². The Kier molecular flexibility index (Phi) is 5.45. The maximum atomic E-state index is 11.4. The van der Waals surface area contributed by atoms with Gasteiger partial charge in [-0.05, 0) is 41.5 Å². The maximum absolute atomic E-state index is 11.4. The van der Waals surface area contributed by atoms with E-state index in [0.717, 1.165) is 30.8 Å². The van der Waals surface area contributed by atoms with Crippen LogP contribution < -0.4 is 9.46 Å². The normalized spacial score (nSPS) is 19.9. The lowest BCUT2D eigenvalue weighted by molar-refractivity contribution is 0.188. The third-order valence-corrected chi connectivity index (χ3v) is 5.53. The lowest BCUT2D eigenvalue weighted by atomic mass is 9.78. The molecule has 0 fully saturated rings. The van der Waals surface area contributed by atoms with Crippen LogP contribution >= 0.6 is 0 Å². The highest BCUT2D eigenvalue weighted by Crippen LogP contribution is 2.41. The fourth-order valence-corrected chi connectivity index (χ4v) is 3.89. The van der Waals surface area contributed by atoms with Gasteiger partial charge >= 0.3 is 0 Å². The molecule has 0 spiro atoms. The average molecular weight is 359 g/mol. The van der Waals surface area contributed by atoms with Crippen molar-refractivity contribution in [2.24, 2.45) is 5.92 Å². The molecule has 0 aromatic heterocycles. The molecule has 1 aliphatic heterocycles. The van der Waals surface area contributed by atoms with E-state index in [9.17, 15) is 8.42 Å². The zero-order valence-corrected chi connectivity index (χ0v) is 15.6. The second-order valence-electron chi connectivity index (χ2n) is 6.74. The summed E-state index contributed by atoms with van der Waals surface area (Å²) in [7, 11) is -3.20. The van der Waals surface area contributed by atoms with Crippen LogP contribution in [0, 0.1) is 5.92 Å². The number of hydrogen-bond acceptors (Lipinski definition) is 3. The van der Waals surface area contributed by atoms with Crippen LogP contribution in [-0.4, -0.2) is 21.3 Å². The largest absolute Gasteiger partial charge is 0.493 e. The van der Waals surface area contributed by atoms with Crippen LogP contribution in [-0.2, 0) is 23.0 Å². The van der Waals surface area contributed by atoms with Crippen molar-refractivity contribution in [3.05, 3.63) is 65.2 Å². The van der Waals surface area contributed by atoms with Gasteiger partial charge in [0, 0.05) is 12.5 Å². The fourth-order valence-electron chi connectivity index (χ4n) is 3.46. The zero-order valence-electron chi connectivity index (χ0n) is 14.7. The smallest absolute Gasteiger partial charge is 0.209 e. The van der Waals surface area contributed by atoms with E-state index in [-0.39, 0.29) is 0 Å². The molecule has 0 radical (unpaired) electrons. The predicted octanol–water partition coefficient (Wildman–Crippen LogP) is 3.48. The number of benzene rings is 2. The van der Waals surface area contributed by atoms with Gasteiger partial charge in [-0.1, -0.05) is 49.4 Å². The Hall–Kier alpha value is -1.85. The Morgan fingerprint density at radius 1 is 1.12 bits per heavy atom. The third-order valence-electron chi connectivity index (χ3n) is 4.86. The summed E-state index contributed by atoms with van der Waals surface area (Å²) in [4.78, 5) is 0. The van der Waals surface area contributed by atoms with Gasteiger partial charge in [0.15, 0.2) is 0 Å². The number of hydrogen-bond donors (Lipinski definition) is 1. The molecule has 1 aliphatic rings. The molecular weight excluding hydrogens is 334 g/mol. The molecule has 2 aromatic rings. The quantitative estimate of drug-likeness (QED) is 0.859. The van der Waals surface area contributed by atoms with Gasteiger partial charge in [-0.15, -0.1) is 0 Å². The topological polar surface area (TPSA) is 55.4 Å².